The Balaban J connectivity index is 1.44. The lowest BCUT2D eigenvalue weighted by Crippen LogP contribution is -2.34. The average Bonchev–Trinajstić information content (AvgIpc) is 2.82. The van der Waals surface area contributed by atoms with Gasteiger partial charge in [0.05, 0.1) is 4.92 Å². The Morgan fingerprint density at radius 1 is 1.06 bits per heavy atom. The first-order valence-corrected chi connectivity index (χ1v) is 9.49. The third-order valence-corrected chi connectivity index (χ3v) is 4.24. The van der Waals surface area contributed by atoms with Crippen molar-refractivity contribution in [3.63, 3.8) is 0 Å². The van der Waals surface area contributed by atoms with Gasteiger partial charge in [0.25, 0.3) is 5.91 Å². The van der Waals surface area contributed by atoms with Crippen LogP contribution in [-0.2, 0) is 4.79 Å². The quantitative estimate of drug-likeness (QED) is 0.353. The summed E-state index contributed by atoms with van der Waals surface area (Å²) in [5.74, 6) is 0.797. The molecule has 2 aromatic carbocycles. The van der Waals surface area contributed by atoms with E-state index in [9.17, 15) is 14.9 Å². The summed E-state index contributed by atoms with van der Waals surface area (Å²) in [5.41, 5.74) is 4.82. The summed E-state index contributed by atoms with van der Waals surface area (Å²) in [7, 11) is 0. The number of aromatic nitrogens is 2. The second-order valence-electron chi connectivity index (χ2n) is 6.43. The molecule has 0 radical (unpaired) electrons. The Morgan fingerprint density at radius 3 is 2.59 bits per heavy atom. The molecule has 1 aliphatic rings. The highest BCUT2D eigenvalue weighted by Crippen LogP contribution is 2.36. The Labute approximate surface area is 181 Å². The number of nitro groups is 1. The number of benzene rings is 2. The number of fused-ring (bicyclic) bond motifs is 1. The zero-order chi connectivity index (χ0) is 22.3. The van der Waals surface area contributed by atoms with Crippen LogP contribution in [0.2, 0.25) is 0 Å². The normalized spacial score (nSPS) is 11.9. The van der Waals surface area contributed by atoms with Crippen LogP contribution >= 0.6 is 0 Å². The van der Waals surface area contributed by atoms with Crippen LogP contribution in [0.15, 0.2) is 54.9 Å². The minimum absolute atomic E-state index is 0.0704. The summed E-state index contributed by atoms with van der Waals surface area (Å²) in [6.45, 7) is 0.568. The van der Waals surface area contributed by atoms with E-state index in [1.807, 2.05) is 6.07 Å². The highest BCUT2D eigenvalue weighted by atomic mass is 16.6. The van der Waals surface area contributed by atoms with Crippen LogP contribution < -0.4 is 30.4 Å². The smallest absolute Gasteiger partial charge is 0.355 e. The van der Waals surface area contributed by atoms with E-state index in [1.165, 1.54) is 0 Å². The Hall–Kier alpha value is -4.61. The molecule has 164 valence electrons. The molecule has 12 nitrogen and oxygen atoms in total. The second-order valence-corrected chi connectivity index (χ2v) is 6.43. The third kappa shape index (κ3) is 4.92. The zero-order valence-corrected chi connectivity index (χ0v) is 16.6. The third-order valence-electron chi connectivity index (χ3n) is 4.24. The van der Waals surface area contributed by atoms with Gasteiger partial charge < -0.3 is 19.5 Å². The number of hydrogen-bond acceptors (Lipinski definition) is 10. The van der Waals surface area contributed by atoms with Crippen molar-refractivity contribution in [2.45, 2.75) is 0 Å². The van der Waals surface area contributed by atoms with Crippen molar-refractivity contribution in [1.82, 2.24) is 15.4 Å². The van der Waals surface area contributed by atoms with Crippen molar-refractivity contribution < 1.29 is 23.9 Å². The summed E-state index contributed by atoms with van der Waals surface area (Å²) in [5, 5.41) is 14.6. The molecule has 0 aliphatic carbocycles. The van der Waals surface area contributed by atoms with Gasteiger partial charge in [-0.1, -0.05) is 18.2 Å². The number of nitrogens with one attached hydrogen (secondary N) is 3. The van der Waals surface area contributed by atoms with Gasteiger partial charge in [-0.25, -0.2) is 9.97 Å². The van der Waals surface area contributed by atoms with E-state index in [4.69, 9.17) is 14.2 Å². The van der Waals surface area contributed by atoms with E-state index in [2.05, 4.69) is 26.1 Å². The minimum Gasteiger partial charge on any atom is -0.486 e. The molecule has 1 aromatic heterocycles. The van der Waals surface area contributed by atoms with E-state index < -0.39 is 16.5 Å². The van der Waals surface area contributed by atoms with Gasteiger partial charge in [0.15, 0.2) is 18.1 Å². The molecule has 4 rings (SSSR count). The highest BCUT2D eigenvalue weighted by Gasteiger charge is 2.24. The van der Waals surface area contributed by atoms with Crippen LogP contribution in [0.1, 0.15) is 0 Å². The van der Waals surface area contributed by atoms with Crippen molar-refractivity contribution in [1.29, 1.82) is 0 Å². The first-order chi connectivity index (χ1) is 15.6. The topological polar surface area (TPSA) is 150 Å². The van der Waals surface area contributed by atoms with Crippen LogP contribution in [0.4, 0.5) is 23.0 Å². The van der Waals surface area contributed by atoms with Crippen molar-refractivity contribution in [2.24, 2.45) is 0 Å². The van der Waals surface area contributed by atoms with Crippen LogP contribution in [0, 0.1) is 10.1 Å². The number of amides is 1. The maximum absolute atomic E-state index is 12.0. The molecule has 2 heterocycles. The molecule has 0 fully saturated rings. The Morgan fingerprint density at radius 2 is 1.81 bits per heavy atom. The van der Waals surface area contributed by atoms with Crippen molar-refractivity contribution in [3.05, 3.63) is 65.0 Å². The lowest BCUT2D eigenvalue weighted by Gasteiger charge is -2.19. The number of carbonyl (C=O) groups is 1. The standard InChI is InChI=1S/C20H18N6O6/c27-17(11-32-14-4-2-1-3-5-14)24-25-20-18(26(28)29)19(21-12-22-20)23-13-6-7-15-16(10-13)31-9-8-30-15/h1-7,10,12H,8-9,11H2,(H,24,27)(H2,21,22,23,25). The SMILES string of the molecule is O=C(COc1ccccc1)NNc1ncnc(Nc2ccc3c(c2)OCCO3)c1[N+](=O)[O-]. The first kappa shape index (κ1) is 20.7. The maximum atomic E-state index is 12.0. The van der Waals surface area contributed by atoms with E-state index in [1.54, 1.807) is 42.5 Å². The molecule has 32 heavy (non-hydrogen) atoms. The van der Waals surface area contributed by atoms with Gasteiger partial charge in [-0.05, 0) is 24.3 Å². The molecule has 0 saturated carbocycles. The predicted octanol–water partition coefficient (Wildman–Crippen LogP) is 2.42. The summed E-state index contributed by atoms with van der Waals surface area (Å²) in [6, 6.07) is 13.8. The number of carbonyl (C=O) groups excluding carboxylic acids is 1. The maximum Gasteiger partial charge on any atom is 0.355 e. The van der Waals surface area contributed by atoms with Gasteiger partial charge in [0.1, 0.15) is 25.3 Å². The molecule has 0 bridgehead atoms. The predicted molar refractivity (Wildman–Crippen MR) is 113 cm³/mol. The van der Waals surface area contributed by atoms with E-state index in [0.717, 1.165) is 6.33 Å². The van der Waals surface area contributed by atoms with Crippen molar-refractivity contribution in [3.8, 4) is 17.2 Å². The number of nitrogens with zero attached hydrogens (tertiary/aromatic N) is 3. The summed E-state index contributed by atoms with van der Waals surface area (Å²) in [6.07, 6.45) is 1.13. The number of ether oxygens (including phenoxy) is 3. The second kappa shape index (κ2) is 9.47. The molecule has 0 spiro atoms. The fourth-order valence-electron chi connectivity index (χ4n) is 2.82. The van der Waals surface area contributed by atoms with Gasteiger partial charge in [0, 0.05) is 11.8 Å². The van der Waals surface area contributed by atoms with Crippen LogP contribution in [0.5, 0.6) is 17.2 Å². The average molecular weight is 438 g/mol. The summed E-state index contributed by atoms with van der Waals surface area (Å²) in [4.78, 5) is 30.9. The molecule has 0 saturated heterocycles. The van der Waals surface area contributed by atoms with Crippen molar-refractivity contribution >= 4 is 28.9 Å². The lowest BCUT2D eigenvalue weighted by molar-refractivity contribution is -0.383. The molecule has 1 amide bonds. The monoisotopic (exact) mass is 438 g/mol. The first-order valence-electron chi connectivity index (χ1n) is 9.49. The largest absolute Gasteiger partial charge is 0.486 e. The van der Waals surface area contributed by atoms with Crippen LogP contribution in [-0.4, -0.2) is 40.6 Å². The molecule has 3 aromatic rings. The van der Waals surface area contributed by atoms with Gasteiger partial charge in [-0.2, -0.15) is 0 Å². The summed E-state index contributed by atoms with van der Waals surface area (Å²) < 4.78 is 16.3. The highest BCUT2D eigenvalue weighted by molar-refractivity contribution is 5.81. The van der Waals surface area contributed by atoms with Gasteiger partial charge in [-0.15, -0.1) is 0 Å². The fraction of sp³-hybridized carbons (Fsp3) is 0.150. The van der Waals surface area contributed by atoms with Crippen LogP contribution in [0.25, 0.3) is 0 Å². The lowest BCUT2D eigenvalue weighted by atomic mass is 10.2. The number of hydrazine groups is 1. The van der Waals surface area contributed by atoms with E-state index >= 15 is 0 Å². The van der Waals surface area contributed by atoms with Gasteiger partial charge in [-0.3, -0.25) is 25.8 Å². The molecule has 0 unspecified atom stereocenters. The number of anilines is 3. The molecule has 0 atom stereocenters. The molecule has 12 heteroatoms. The number of para-hydroxylation sites is 1. The molecule has 1 aliphatic heterocycles. The summed E-state index contributed by atoms with van der Waals surface area (Å²) >= 11 is 0. The minimum atomic E-state index is -0.657. The molecular formula is C20H18N6O6. The fourth-order valence-corrected chi connectivity index (χ4v) is 2.82. The van der Waals surface area contributed by atoms with Gasteiger partial charge in [0.2, 0.25) is 11.6 Å². The van der Waals surface area contributed by atoms with Gasteiger partial charge >= 0.3 is 5.69 Å². The zero-order valence-electron chi connectivity index (χ0n) is 16.6. The number of hydrogen-bond donors (Lipinski definition) is 3. The molecular weight excluding hydrogens is 420 g/mol. The molecule has 3 N–H and O–H groups in total. The van der Waals surface area contributed by atoms with Crippen molar-refractivity contribution in [2.75, 3.05) is 30.6 Å². The van der Waals surface area contributed by atoms with E-state index in [0.29, 0.717) is 36.1 Å². The Bertz CT molecular complexity index is 1130. The van der Waals surface area contributed by atoms with Crippen LogP contribution in [0.3, 0.4) is 0 Å². The van der Waals surface area contributed by atoms with E-state index in [-0.39, 0.29) is 18.2 Å². The number of rotatable bonds is 8. The Kier molecular flexibility index (Phi) is 6.11.